The standard InChI is InChI=1S/C22H24FN7O3/c1-13-25-12-26-30(13)16-10-15(23)5-4-14(16)11-24-19(32)17-18(31)20(33)29-9-8-28(2)22(6-3-7-22)21(29)27-17/h4-5,10,12,31H,3,6-9,11H2,1-2H3,(H,24,32). The van der Waals surface area contributed by atoms with Gasteiger partial charge in [0.05, 0.1) is 11.2 Å². The molecule has 33 heavy (non-hydrogen) atoms. The van der Waals surface area contributed by atoms with E-state index in [1.807, 2.05) is 7.05 Å². The van der Waals surface area contributed by atoms with Gasteiger partial charge in [0.2, 0.25) is 5.75 Å². The number of nitrogens with zero attached hydrogens (tertiary/aromatic N) is 6. The molecule has 1 saturated carbocycles. The molecule has 10 nitrogen and oxygen atoms in total. The zero-order valence-corrected chi connectivity index (χ0v) is 18.4. The molecule has 2 aromatic heterocycles. The molecule has 5 rings (SSSR count). The van der Waals surface area contributed by atoms with Gasteiger partial charge in [0.25, 0.3) is 11.5 Å². The van der Waals surface area contributed by atoms with Crippen molar-refractivity contribution in [2.24, 2.45) is 0 Å². The molecule has 1 fully saturated rings. The molecule has 1 spiro atoms. The number of fused-ring (bicyclic) bond motifs is 2. The Balaban J connectivity index is 1.46. The van der Waals surface area contributed by atoms with Crippen LogP contribution in [0.25, 0.3) is 5.69 Å². The molecule has 0 bridgehead atoms. The predicted octanol–water partition coefficient (Wildman–Crippen LogP) is 1.23. The van der Waals surface area contributed by atoms with Crippen LogP contribution in [0.2, 0.25) is 0 Å². The number of hydrogen-bond acceptors (Lipinski definition) is 7. The minimum absolute atomic E-state index is 0.0122. The number of benzene rings is 1. The number of aromatic nitrogens is 5. The number of nitrogens with one attached hydrogen (secondary N) is 1. The molecule has 2 aliphatic rings. The first-order chi connectivity index (χ1) is 15.8. The number of carbonyl (C=O) groups excluding carboxylic acids is 1. The molecule has 3 aromatic rings. The first kappa shape index (κ1) is 21.3. The smallest absolute Gasteiger partial charge is 0.296 e. The summed E-state index contributed by atoms with van der Waals surface area (Å²) >= 11 is 0. The Morgan fingerprint density at radius 1 is 1.30 bits per heavy atom. The molecular weight excluding hydrogens is 429 g/mol. The molecule has 3 heterocycles. The van der Waals surface area contributed by atoms with Crippen LogP contribution in [0.4, 0.5) is 4.39 Å². The van der Waals surface area contributed by atoms with E-state index in [4.69, 9.17) is 0 Å². The van der Waals surface area contributed by atoms with Crippen molar-refractivity contribution in [3.05, 3.63) is 63.6 Å². The maximum atomic E-state index is 13.9. The third-order valence-corrected chi connectivity index (χ3v) is 6.78. The molecule has 0 saturated heterocycles. The van der Waals surface area contributed by atoms with Gasteiger partial charge >= 0.3 is 0 Å². The minimum atomic E-state index is -0.679. The van der Waals surface area contributed by atoms with Gasteiger partial charge in [0.1, 0.15) is 23.8 Å². The van der Waals surface area contributed by atoms with Crippen molar-refractivity contribution in [2.45, 2.75) is 44.8 Å². The average Bonchev–Trinajstić information content (AvgIpc) is 3.19. The number of rotatable bonds is 4. The first-order valence-corrected chi connectivity index (χ1v) is 10.8. The van der Waals surface area contributed by atoms with E-state index in [-0.39, 0.29) is 17.8 Å². The lowest BCUT2D eigenvalue weighted by molar-refractivity contribution is -0.00113. The largest absolute Gasteiger partial charge is 0.501 e. The van der Waals surface area contributed by atoms with Gasteiger partial charge in [0.15, 0.2) is 5.69 Å². The van der Waals surface area contributed by atoms with E-state index in [1.165, 1.54) is 27.7 Å². The summed E-state index contributed by atoms with van der Waals surface area (Å²) in [7, 11) is 1.99. The number of aromatic hydroxyl groups is 1. The van der Waals surface area contributed by atoms with Crippen LogP contribution in [-0.4, -0.2) is 53.8 Å². The Kier molecular flexibility index (Phi) is 5.00. The van der Waals surface area contributed by atoms with Crippen LogP contribution in [0.5, 0.6) is 5.75 Å². The Bertz CT molecular complexity index is 1310. The van der Waals surface area contributed by atoms with Crippen molar-refractivity contribution < 1.29 is 14.3 Å². The first-order valence-electron chi connectivity index (χ1n) is 10.8. The van der Waals surface area contributed by atoms with E-state index in [0.717, 1.165) is 19.3 Å². The lowest BCUT2D eigenvalue weighted by Crippen LogP contribution is -2.57. The summed E-state index contributed by atoms with van der Waals surface area (Å²) in [5, 5.41) is 17.3. The van der Waals surface area contributed by atoms with Gasteiger partial charge in [-0.05, 0) is 50.9 Å². The Hall–Kier alpha value is -3.60. The molecule has 0 radical (unpaired) electrons. The quantitative estimate of drug-likeness (QED) is 0.610. The van der Waals surface area contributed by atoms with Crippen molar-refractivity contribution in [3.8, 4) is 11.4 Å². The van der Waals surface area contributed by atoms with E-state index in [2.05, 4.69) is 25.3 Å². The Morgan fingerprint density at radius 3 is 2.76 bits per heavy atom. The van der Waals surface area contributed by atoms with E-state index < -0.39 is 23.0 Å². The van der Waals surface area contributed by atoms with Gasteiger partial charge in [-0.3, -0.25) is 19.1 Å². The molecule has 1 aliphatic heterocycles. The summed E-state index contributed by atoms with van der Waals surface area (Å²) in [6, 6.07) is 4.13. The van der Waals surface area contributed by atoms with Crippen molar-refractivity contribution in [2.75, 3.05) is 13.6 Å². The molecule has 0 unspecified atom stereocenters. The van der Waals surface area contributed by atoms with Crippen LogP contribution < -0.4 is 10.9 Å². The maximum absolute atomic E-state index is 13.9. The highest BCUT2D eigenvalue weighted by atomic mass is 19.1. The maximum Gasteiger partial charge on any atom is 0.296 e. The zero-order valence-electron chi connectivity index (χ0n) is 18.4. The van der Waals surface area contributed by atoms with E-state index in [0.29, 0.717) is 36.0 Å². The summed E-state index contributed by atoms with van der Waals surface area (Å²) in [5.74, 6) is -0.712. The van der Waals surface area contributed by atoms with Crippen LogP contribution >= 0.6 is 0 Å². The van der Waals surface area contributed by atoms with Crippen LogP contribution in [-0.2, 0) is 18.6 Å². The number of carbonyl (C=O) groups is 1. The van der Waals surface area contributed by atoms with Gasteiger partial charge in [0, 0.05) is 19.6 Å². The minimum Gasteiger partial charge on any atom is -0.501 e. The fourth-order valence-corrected chi connectivity index (χ4v) is 4.70. The third kappa shape index (κ3) is 3.30. The second-order valence-corrected chi connectivity index (χ2v) is 8.57. The van der Waals surface area contributed by atoms with Crippen LogP contribution in [0.3, 0.4) is 0 Å². The van der Waals surface area contributed by atoms with E-state index >= 15 is 0 Å². The molecule has 1 aromatic carbocycles. The van der Waals surface area contributed by atoms with E-state index in [1.54, 1.807) is 13.0 Å². The zero-order chi connectivity index (χ0) is 23.3. The SMILES string of the molecule is Cc1ncnn1-c1cc(F)ccc1CNC(=O)c1nc2n(c(=O)c1O)CCN(C)C21CCC1. The van der Waals surface area contributed by atoms with E-state index in [9.17, 15) is 19.1 Å². The molecule has 1 amide bonds. The lowest BCUT2D eigenvalue weighted by atomic mass is 9.73. The number of aryl methyl sites for hydroxylation is 1. The molecule has 172 valence electrons. The monoisotopic (exact) mass is 453 g/mol. The lowest BCUT2D eigenvalue weighted by Gasteiger charge is -2.51. The fraction of sp³-hybridized carbons (Fsp3) is 0.409. The molecular formula is C22H24FN7O3. The highest BCUT2D eigenvalue weighted by Gasteiger charge is 2.48. The molecule has 1 aliphatic carbocycles. The van der Waals surface area contributed by atoms with Crippen molar-refractivity contribution >= 4 is 5.91 Å². The summed E-state index contributed by atoms with van der Waals surface area (Å²) in [6.45, 7) is 2.83. The topological polar surface area (TPSA) is 118 Å². The van der Waals surface area contributed by atoms with Crippen LogP contribution in [0, 0.1) is 12.7 Å². The van der Waals surface area contributed by atoms with Gasteiger partial charge in [-0.1, -0.05) is 6.07 Å². The summed E-state index contributed by atoms with van der Waals surface area (Å²) < 4.78 is 16.9. The van der Waals surface area contributed by atoms with Gasteiger partial charge in [-0.2, -0.15) is 5.10 Å². The van der Waals surface area contributed by atoms with Crippen molar-refractivity contribution in [1.82, 2.24) is 34.5 Å². The third-order valence-electron chi connectivity index (χ3n) is 6.78. The number of likely N-dealkylation sites (N-methyl/N-ethyl adjacent to an activating group) is 1. The summed E-state index contributed by atoms with van der Waals surface area (Å²) in [5.41, 5.74) is -0.265. The second kappa shape index (κ2) is 7.77. The fourth-order valence-electron chi connectivity index (χ4n) is 4.70. The molecule has 0 atom stereocenters. The Morgan fingerprint density at radius 2 is 2.09 bits per heavy atom. The molecule has 11 heteroatoms. The normalized spacial score (nSPS) is 16.9. The highest BCUT2D eigenvalue weighted by Crippen LogP contribution is 2.46. The second-order valence-electron chi connectivity index (χ2n) is 8.57. The van der Waals surface area contributed by atoms with Crippen LogP contribution in [0.1, 0.15) is 47.0 Å². The van der Waals surface area contributed by atoms with Crippen molar-refractivity contribution in [1.29, 1.82) is 0 Å². The van der Waals surface area contributed by atoms with Crippen LogP contribution in [0.15, 0.2) is 29.3 Å². The summed E-state index contributed by atoms with van der Waals surface area (Å²) in [4.78, 5) is 36.6. The predicted molar refractivity (Wildman–Crippen MR) is 116 cm³/mol. The molecule has 2 N–H and O–H groups in total. The number of hydrogen-bond donors (Lipinski definition) is 2. The van der Waals surface area contributed by atoms with Gasteiger partial charge in [-0.25, -0.2) is 19.0 Å². The highest BCUT2D eigenvalue weighted by molar-refractivity contribution is 5.94. The van der Waals surface area contributed by atoms with Gasteiger partial charge < -0.3 is 10.4 Å². The van der Waals surface area contributed by atoms with Crippen molar-refractivity contribution in [3.63, 3.8) is 0 Å². The number of amides is 1. The Labute approximate surface area is 188 Å². The number of halogens is 1. The average molecular weight is 453 g/mol. The summed E-state index contributed by atoms with van der Waals surface area (Å²) in [6.07, 6.45) is 4.06. The van der Waals surface area contributed by atoms with Gasteiger partial charge in [-0.15, -0.1) is 0 Å².